The molecule has 0 aliphatic heterocycles. The Bertz CT molecular complexity index is 476. The van der Waals surface area contributed by atoms with Crippen LogP contribution >= 0.6 is 7.60 Å². The van der Waals surface area contributed by atoms with Crippen molar-refractivity contribution in [3.8, 4) is 0 Å². The van der Waals surface area contributed by atoms with Gasteiger partial charge in [0, 0.05) is 5.69 Å². The molecule has 1 aromatic carbocycles. The molecule has 0 saturated heterocycles. The Hall–Kier alpha value is -1.49. The lowest BCUT2D eigenvalue weighted by Crippen LogP contribution is -2.15. The number of carbonyl (C=O) groups excluding carboxylic acids is 2. The second-order valence-electron chi connectivity index (χ2n) is 3.52. The lowest BCUT2D eigenvalue weighted by molar-refractivity contribution is -0.124. The SMILES string of the molecule is CC(=O)CC(=O)Nc1ccc(P(=O)(O)O)cc1. The molecule has 0 unspecified atom stereocenters. The summed E-state index contributed by atoms with van der Waals surface area (Å²) < 4.78 is 10.9. The molecule has 0 bridgehead atoms. The maximum Gasteiger partial charge on any atom is 0.356 e. The van der Waals surface area contributed by atoms with Crippen molar-refractivity contribution in [2.45, 2.75) is 13.3 Å². The van der Waals surface area contributed by atoms with E-state index in [-0.39, 0.29) is 17.5 Å². The molecule has 3 N–H and O–H groups in total. The second kappa shape index (κ2) is 5.23. The monoisotopic (exact) mass is 257 g/mol. The van der Waals surface area contributed by atoms with E-state index in [4.69, 9.17) is 9.79 Å². The molecule has 0 aliphatic carbocycles. The largest absolute Gasteiger partial charge is 0.356 e. The van der Waals surface area contributed by atoms with Crippen LogP contribution in [0.3, 0.4) is 0 Å². The summed E-state index contributed by atoms with van der Waals surface area (Å²) in [5.74, 6) is -0.712. The van der Waals surface area contributed by atoms with Crippen molar-refractivity contribution in [3.05, 3.63) is 24.3 Å². The highest BCUT2D eigenvalue weighted by Gasteiger charge is 2.16. The Kier molecular flexibility index (Phi) is 4.17. The Morgan fingerprint density at radius 2 is 1.76 bits per heavy atom. The molecule has 1 amide bonds. The number of amides is 1. The fourth-order valence-electron chi connectivity index (χ4n) is 1.17. The van der Waals surface area contributed by atoms with E-state index in [1.807, 2.05) is 0 Å². The Balaban J connectivity index is 2.72. The number of Topliss-reactive ketones (excluding diaryl/α,β-unsaturated/α-hetero) is 1. The molecule has 1 aromatic rings. The normalized spacial score (nSPS) is 11.0. The maximum absolute atomic E-state index is 11.2. The van der Waals surface area contributed by atoms with Gasteiger partial charge in [-0.1, -0.05) is 0 Å². The van der Waals surface area contributed by atoms with Gasteiger partial charge in [0.1, 0.15) is 5.78 Å². The number of ketones is 1. The van der Waals surface area contributed by atoms with Crippen LogP contribution in [0, 0.1) is 0 Å². The molecule has 7 heteroatoms. The van der Waals surface area contributed by atoms with Gasteiger partial charge in [-0.2, -0.15) is 0 Å². The lowest BCUT2D eigenvalue weighted by Gasteiger charge is -2.06. The smallest absolute Gasteiger partial charge is 0.326 e. The van der Waals surface area contributed by atoms with E-state index in [0.717, 1.165) is 0 Å². The molecule has 17 heavy (non-hydrogen) atoms. The van der Waals surface area contributed by atoms with E-state index in [1.165, 1.54) is 31.2 Å². The molecule has 0 aromatic heterocycles. The van der Waals surface area contributed by atoms with E-state index < -0.39 is 13.5 Å². The van der Waals surface area contributed by atoms with Crippen molar-refractivity contribution < 1.29 is 23.9 Å². The van der Waals surface area contributed by atoms with Crippen molar-refractivity contribution in [2.24, 2.45) is 0 Å². The first-order valence-electron chi connectivity index (χ1n) is 4.74. The fraction of sp³-hybridized carbons (Fsp3) is 0.200. The van der Waals surface area contributed by atoms with Crippen LogP contribution in [-0.4, -0.2) is 21.5 Å². The first-order valence-corrected chi connectivity index (χ1v) is 6.36. The van der Waals surface area contributed by atoms with Gasteiger partial charge in [0.05, 0.1) is 11.7 Å². The number of rotatable bonds is 4. The molecule has 0 heterocycles. The van der Waals surface area contributed by atoms with Crippen molar-refractivity contribution >= 4 is 30.3 Å². The van der Waals surface area contributed by atoms with Gasteiger partial charge in [-0.15, -0.1) is 0 Å². The predicted molar refractivity (Wildman–Crippen MR) is 62.0 cm³/mol. The molecular formula is C10H12NO5P. The van der Waals surface area contributed by atoms with Crippen LogP contribution in [0.25, 0.3) is 0 Å². The zero-order valence-corrected chi connectivity index (χ0v) is 9.98. The summed E-state index contributed by atoms with van der Waals surface area (Å²) in [6.07, 6.45) is -0.222. The van der Waals surface area contributed by atoms with Gasteiger partial charge in [0.15, 0.2) is 0 Å². The minimum atomic E-state index is -4.26. The van der Waals surface area contributed by atoms with Crippen LogP contribution in [0.4, 0.5) is 5.69 Å². The number of nitrogens with one attached hydrogen (secondary N) is 1. The molecule has 6 nitrogen and oxygen atoms in total. The summed E-state index contributed by atoms with van der Waals surface area (Å²) in [7, 11) is -4.26. The number of carbonyl (C=O) groups is 2. The summed E-state index contributed by atoms with van der Waals surface area (Å²) in [6.45, 7) is 1.30. The molecular weight excluding hydrogens is 245 g/mol. The van der Waals surface area contributed by atoms with Crippen molar-refractivity contribution in [3.63, 3.8) is 0 Å². The van der Waals surface area contributed by atoms with Gasteiger partial charge in [-0.3, -0.25) is 14.2 Å². The molecule has 0 saturated carbocycles. The summed E-state index contributed by atoms with van der Waals surface area (Å²) in [5.41, 5.74) is 0.383. The average Bonchev–Trinajstić information content (AvgIpc) is 2.15. The third kappa shape index (κ3) is 4.48. The molecule has 0 aliphatic rings. The number of hydrogen-bond acceptors (Lipinski definition) is 3. The van der Waals surface area contributed by atoms with Crippen LogP contribution in [-0.2, 0) is 14.2 Å². The standard InChI is InChI=1S/C10H12NO5P/c1-7(12)6-10(13)11-8-2-4-9(5-3-8)17(14,15)16/h2-5H,6H2,1H3,(H,11,13)(H2,14,15,16). The molecule has 0 spiro atoms. The summed E-state index contributed by atoms with van der Waals surface area (Å²) in [6, 6.07) is 5.19. The van der Waals surface area contributed by atoms with Crippen LogP contribution in [0.2, 0.25) is 0 Å². The molecule has 0 fully saturated rings. The van der Waals surface area contributed by atoms with Gasteiger partial charge in [-0.25, -0.2) is 0 Å². The summed E-state index contributed by atoms with van der Waals surface area (Å²) in [5, 5.41) is 2.32. The zero-order chi connectivity index (χ0) is 13.1. The molecule has 1 rings (SSSR count). The number of hydrogen-bond donors (Lipinski definition) is 3. The van der Waals surface area contributed by atoms with Crippen LogP contribution in [0.15, 0.2) is 24.3 Å². The quantitative estimate of drug-likeness (QED) is 0.535. The first-order chi connectivity index (χ1) is 7.79. The first kappa shape index (κ1) is 13.6. The minimum Gasteiger partial charge on any atom is -0.326 e. The molecule has 92 valence electrons. The molecule has 0 radical (unpaired) electrons. The van der Waals surface area contributed by atoms with Crippen molar-refractivity contribution in [2.75, 3.05) is 5.32 Å². The number of benzene rings is 1. The van der Waals surface area contributed by atoms with Crippen LogP contribution in [0.5, 0.6) is 0 Å². The third-order valence-electron chi connectivity index (χ3n) is 1.90. The zero-order valence-electron chi connectivity index (χ0n) is 9.08. The highest BCUT2D eigenvalue weighted by molar-refractivity contribution is 7.60. The minimum absolute atomic E-state index is 0.123. The average molecular weight is 257 g/mol. The highest BCUT2D eigenvalue weighted by atomic mass is 31.2. The highest BCUT2D eigenvalue weighted by Crippen LogP contribution is 2.33. The van der Waals surface area contributed by atoms with Crippen molar-refractivity contribution in [1.82, 2.24) is 0 Å². The van der Waals surface area contributed by atoms with Crippen LogP contribution in [0.1, 0.15) is 13.3 Å². The van der Waals surface area contributed by atoms with E-state index >= 15 is 0 Å². The summed E-state index contributed by atoms with van der Waals surface area (Å²) in [4.78, 5) is 39.6. The summed E-state index contributed by atoms with van der Waals surface area (Å²) >= 11 is 0. The topological polar surface area (TPSA) is 104 Å². The van der Waals surface area contributed by atoms with E-state index in [1.54, 1.807) is 0 Å². The third-order valence-corrected chi connectivity index (χ3v) is 2.87. The van der Waals surface area contributed by atoms with E-state index in [0.29, 0.717) is 5.69 Å². The van der Waals surface area contributed by atoms with Gasteiger partial charge >= 0.3 is 7.60 Å². The Morgan fingerprint density at radius 1 is 1.24 bits per heavy atom. The maximum atomic E-state index is 11.2. The van der Waals surface area contributed by atoms with Gasteiger partial charge in [0.25, 0.3) is 0 Å². The van der Waals surface area contributed by atoms with Gasteiger partial charge in [0.2, 0.25) is 5.91 Å². The second-order valence-corrected chi connectivity index (χ2v) is 5.12. The molecule has 0 atom stereocenters. The predicted octanol–water partition coefficient (Wildman–Crippen LogP) is 0.407. The Labute approximate surface area is 97.8 Å². The lowest BCUT2D eigenvalue weighted by atomic mass is 10.2. The Morgan fingerprint density at radius 3 is 2.18 bits per heavy atom. The van der Waals surface area contributed by atoms with Gasteiger partial charge in [-0.05, 0) is 31.2 Å². The van der Waals surface area contributed by atoms with Crippen LogP contribution < -0.4 is 10.6 Å². The fourth-order valence-corrected chi connectivity index (χ4v) is 1.71. The van der Waals surface area contributed by atoms with E-state index in [2.05, 4.69) is 5.32 Å². The van der Waals surface area contributed by atoms with Gasteiger partial charge < -0.3 is 15.1 Å². The van der Waals surface area contributed by atoms with Crippen molar-refractivity contribution in [1.29, 1.82) is 0 Å². The van der Waals surface area contributed by atoms with E-state index in [9.17, 15) is 14.2 Å². The number of anilines is 1.